The highest BCUT2D eigenvalue weighted by Gasteiger charge is 2.79. The zero-order valence-corrected chi connectivity index (χ0v) is 45.8. The van der Waals surface area contributed by atoms with Gasteiger partial charge < -0.3 is 55.0 Å². The average Bonchev–Trinajstić information content (AvgIpc) is 3.37. The molecule has 6 N–H and O–H groups in total. The molecular weight excluding hydrogens is 1010 g/mol. The predicted molar refractivity (Wildman–Crippen MR) is 280 cm³/mol. The van der Waals surface area contributed by atoms with E-state index < -0.39 is 143 Å². The SMILES string of the molecule is CC(=O)O[C@H]1C(=O)[C@@]2(C)C([C@H](OC(=O)c3ccccc3)[C@]3(O)C[C@H](OC(=O)[C@H](OC(=O)[C@@H](N)CC(C)C)[C@@H](NC(=O)c4ccccc4)c4ccccc4)C(C)=C1C3(C)C)[C@]1(OC(C)=O)CO[C@@H]1C[C@@H]2OC(=O)[C@H](N)CC(C)C. The number of carbonyl (C=O) groups is 8. The highest BCUT2D eigenvalue weighted by Crippen LogP contribution is 2.65. The van der Waals surface area contributed by atoms with Gasteiger partial charge in [-0.3, -0.25) is 28.8 Å². The predicted octanol–water partition coefficient (Wildman–Crippen LogP) is 5.58. The van der Waals surface area contributed by atoms with Gasteiger partial charge in [-0.25, -0.2) is 9.59 Å². The molecule has 2 bridgehead atoms. The van der Waals surface area contributed by atoms with Crippen LogP contribution in [0.1, 0.15) is 127 Å². The van der Waals surface area contributed by atoms with E-state index >= 15 is 9.59 Å². The average molecular weight is 1080 g/mol. The monoisotopic (exact) mass is 1080 g/mol. The van der Waals surface area contributed by atoms with Gasteiger partial charge in [0.15, 0.2) is 17.5 Å². The van der Waals surface area contributed by atoms with Crippen molar-refractivity contribution in [2.24, 2.45) is 40.1 Å². The molecule has 1 heterocycles. The van der Waals surface area contributed by atoms with Gasteiger partial charge in [0.05, 0.1) is 23.5 Å². The third-order valence-electron chi connectivity index (χ3n) is 16.0. The quantitative estimate of drug-likeness (QED) is 0.0686. The Hall–Kier alpha value is -6.80. The molecule has 3 aliphatic carbocycles. The van der Waals surface area contributed by atoms with E-state index in [4.69, 9.17) is 44.6 Å². The summed E-state index contributed by atoms with van der Waals surface area (Å²) < 4.78 is 43.9. The minimum atomic E-state index is -2.54. The van der Waals surface area contributed by atoms with Crippen LogP contribution in [-0.4, -0.2) is 119 Å². The molecule has 1 saturated heterocycles. The molecule has 19 nitrogen and oxygen atoms in total. The number of hydrogen-bond acceptors (Lipinski definition) is 18. The Morgan fingerprint density at radius 2 is 1.28 bits per heavy atom. The first-order chi connectivity index (χ1) is 36.7. The summed E-state index contributed by atoms with van der Waals surface area (Å²) >= 11 is 0. The number of benzene rings is 3. The minimum Gasteiger partial charge on any atom is -0.460 e. The van der Waals surface area contributed by atoms with Crippen molar-refractivity contribution in [2.45, 2.75) is 161 Å². The van der Waals surface area contributed by atoms with Crippen molar-refractivity contribution in [1.82, 2.24) is 5.32 Å². The Balaban J connectivity index is 1.46. The van der Waals surface area contributed by atoms with Crippen molar-refractivity contribution < 1.29 is 76.6 Å². The van der Waals surface area contributed by atoms with E-state index in [0.717, 1.165) is 13.8 Å². The van der Waals surface area contributed by atoms with Crippen LogP contribution >= 0.6 is 0 Å². The molecule has 2 saturated carbocycles. The van der Waals surface area contributed by atoms with Gasteiger partial charge >= 0.3 is 35.8 Å². The standard InChI is InChI=1S/C59H73N3O16/c1-31(2)26-39(60)53(68)75-42-28-43-58(30-72-43,78-35(7)64)48-50(77-52(67)38-24-18-13-19-25-38)59(71)29-41(33(5)44(56(59,8)9)46(73-34(6)63)49(65)57(42,48)10)74-55(70)47(76-54(69)40(61)27-32(3)4)45(36-20-14-11-15-21-36)62-51(66)37-22-16-12-17-23-37/h11-25,31-32,39-43,45-48,50,71H,26-30,60-61H2,1-10H3,(H,62,66)/t39-,40+,41+,42+,43-,45+,46-,47-,48?,50+,57-,58+,59-/m1/s1. The molecule has 4 aliphatic rings. The number of fused-ring (bicyclic) bond motifs is 5. The van der Waals surface area contributed by atoms with E-state index in [1.54, 1.807) is 92.7 Å². The smallest absolute Gasteiger partial charge is 0.350 e. The number of amides is 1. The largest absolute Gasteiger partial charge is 0.460 e. The summed E-state index contributed by atoms with van der Waals surface area (Å²) in [5, 5.41) is 17.1. The molecule has 7 rings (SSSR count). The summed E-state index contributed by atoms with van der Waals surface area (Å²) in [6.45, 7) is 15.2. The maximum atomic E-state index is 16.4. The molecule has 78 heavy (non-hydrogen) atoms. The molecule has 0 spiro atoms. The normalized spacial score (nSPS) is 28.6. The number of nitrogens with two attached hydrogens (primary N) is 2. The molecule has 420 valence electrons. The van der Waals surface area contributed by atoms with E-state index in [0.29, 0.717) is 5.56 Å². The molecule has 0 aromatic heterocycles. The third-order valence-corrected chi connectivity index (χ3v) is 16.0. The van der Waals surface area contributed by atoms with Gasteiger partial charge in [0.1, 0.15) is 48.1 Å². The topological polar surface area (TPSA) is 285 Å². The third kappa shape index (κ3) is 11.4. The van der Waals surface area contributed by atoms with Gasteiger partial charge in [-0.15, -0.1) is 0 Å². The van der Waals surface area contributed by atoms with Crippen LogP contribution in [0.15, 0.2) is 102 Å². The van der Waals surface area contributed by atoms with Crippen LogP contribution in [0, 0.1) is 28.6 Å². The van der Waals surface area contributed by atoms with Crippen molar-refractivity contribution in [3.05, 3.63) is 119 Å². The van der Waals surface area contributed by atoms with Gasteiger partial charge in [0, 0.05) is 37.7 Å². The Morgan fingerprint density at radius 1 is 0.731 bits per heavy atom. The number of rotatable bonds is 18. The summed E-state index contributed by atoms with van der Waals surface area (Å²) in [5.41, 5.74) is 4.91. The zero-order valence-electron chi connectivity index (χ0n) is 45.8. The molecule has 1 aliphatic heterocycles. The second kappa shape index (κ2) is 23.3. The number of carbonyl (C=O) groups excluding carboxylic acids is 8. The summed E-state index contributed by atoms with van der Waals surface area (Å²) in [6.07, 6.45) is -10.7. The lowest BCUT2D eigenvalue weighted by molar-refractivity contribution is -0.346. The lowest BCUT2D eigenvalue weighted by atomic mass is 9.44. The Labute approximate surface area is 454 Å². The number of aliphatic hydroxyl groups is 1. The number of Topliss-reactive ketones (excluding diaryl/α,β-unsaturated/α-hetero) is 1. The second-order valence-corrected chi connectivity index (χ2v) is 22.6. The van der Waals surface area contributed by atoms with Crippen molar-refractivity contribution in [3.63, 3.8) is 0 Å². The fourth-order valence-electron chi connectivity index (χ4n) is 12.1. The van der Waals surface area contributed by atoms with Crippen LogP contribution in [0.4, 0.5) is 0 Å². The molecule has 3 aromatic carbocycles. The summed E-state index contributed by atoms with van der Waals surface area (Å²) in [4.78, 5) is 116. The molecular formula is C59H73N3O16. The van der Waals surface area contributed by atoms with E-state index in [-0.39, 0.29) is 53.4 Å². The van der Waals surface area contributed by atoms with Gasteiger partial charge in [-0.05, 0) is 79.5 Å². The van der Waals surface area contributed by atoms with Gasteiger partial charge in [-0.2, -0.15) is 0 Å². The van der Waals surface area contributed by atoms with E-state index in [9.17, 15) is 33.9 Å². The minimum absolute atomic E-state index is 0.0174. The first-order valence-electron chi connectivity index (χ1n) is 26.4. The number of nitrogens with one attached hydrogen (secondary N) is 1. The van der Waals surface area contributed by atoms with Crippen LogP contribution in [0.2, 0.25) is 0 Å². The maximum absolute atomic E-state index is 16.4. The fourth-order valence-corrected chi connectivity index (χ4v) is 12.1. The lowest BCUT2D eigenvalue weighted by Gasteiger charge is -2.67. The number of hydrogen-bond donors (Lipinski definition) is 4. The van der Waals surface area contributed by atoms with Gasteiger partial charge in [-0.1, -0.05) is 108 Å². The molecule has 3 aromatic rings. The second-order valence-electron chi connectivity index (χ2n) is 22.6. The van der Waals surface area contributed by atoms with Crippen LogP contribution in [0.3, 0.4) is 0 Å². The fraction of sp³-hybridized carbons (Fsp3) is 0.525. The molecule has 3 fully saturated rings. The highest BCUT2D eigenvalue weighted by atomic mass is 16.6. The lowest BCUT2D eigenvalue weighted by Crippen LogP contribution is -2.82. The molecule has 1 amide bonds. The van der Waals surface area contributed by atoms with Crippen molar-refractivity contribution in [2.75, 3.05) is 6.61 Å². The van der Waals surface area contributed by atoms with E-state index in [2.05, 4.69) is 5.32 Å². The molecule has 19 heteroatoms. The Bertz CT molecular complexity index is 2790. The molecule has 1 unspecified atom stereocenters. The van der Waals surface area contributed by atoms with E-state index in [1.807, 2.05) is 27.7 Å². The van der Waals surface area contributed by atoms with Crippen LogP contribution in [0.5, 0.6) is 0 Å². The van der Waals surface area contributed by atoms with Crippen molar-refractivity contribution in [1.29, 1.82) is 0 Å². The number of ether oxygens (including phenoxy) is 7. The summed E-state index contributed by atoms with van der Waals surface area (Å²) in [6, 6.07) is 20.3. The summed E-state index contributed by atoms with van der Waals surface area (Å²) in [5.74, 6) is -9.29. The van der Waals surface area contributed by atoms with Crippen LogP contribution in [-0.2, 0) is 61.9 Å². The maximum Gasteiger partial charge on any atom is 0.350 e. The van der Waals surface area contributed by atoms with Crippen LogP contribution < -0.4 is 16.8 Å². The Kier molecular flexibility index (Phi) is 17.6. The summed E-state index contributed by atoms with van der Waals surface area (Å²) in [7, 11) is 0. The Morgan fingerprint density at radius 3 is 1.81 bits per heavy atom. The number of esters is 6. The number of ketones is 1. The van der Waals surface area contributed by atoms with Crippen molar-refractivity contribution >= 4 is 47.5 Å². The molecule has 13 atom stereocenters. The van der Waals surface area contributed by atoms with Crippen molar-refractivity contribution in [3.8, 4) is 0 Å². The van der Waals surface area contributed by atoms with Gasteiger partial charge in [0.25, 0.3) is 5.91 Å². The van der Waals surface area contributed by atoms with Gasteiger partial charge in [0.2, 0.25) is 6.10 Å². The first-order valence-corrected chi connectivity index (χ1v) is 26.4. The first kappa shape index (κ1) is 58.9. The highest BCUT2D eigenvalue weighted by molar-refractivity contribution is 5.97. The zero-order chi connectivity index (χ0) is 57.2. The molecule has 0 radical (unpaired) electrons. The van der Waals surface area contributed by atoms with E-state index in [1.165, 1.54) is 26.0 Å². The van der Waals surface area contributed by atoms with Crippen LogP contribution in [0.25, 0.3) is 0 Å².